The van der Waals surface area contributed by atoms with E-state index >= 15 is 0 Å². The van der Waals surface area contributed by atoms with E-state index in [0.717, 1.165) is 25.9 Å². The fourth-order valence-corrected chi connectivity index (χ4v) is 3.69. The molecule has 2 rings (SSSR count). The van der Waals surface area contributed by atoms with Crippen LogP contribution in [-0.2, 0) is 0 Å². The molecule has 0 aromatic heterocycles. The number of carbonyl (C=O) groups excluding carboxylic acids is 1. The van der Waals surface area contributed by atoms with Gasteiger partial charge in [0.2, 0.25) is 0 Å². The summed E-state index contributed by atoms with van der Waals surface area (Å²) in [6.45, 7) is 10.3. The van der Waals surface area contributed by atoms with Gasteiger partial charge in [0.1, 0.15) is 0 Å². The van der Waals surface area contributed by atoms with Crippen LogP contribution < -0.4 is 11.1 Å². The first-order valence-electron chi connectivity index (χ1n) is 6.59. The Hall–Kier alpha value is -0.770. The first-order valence-corrected chi connectivity index (χ1v) is 6.59. The summed E-state index contributed by atoms with van der Waals surface area (Å²) in [6.07, 6.45) is 2.26. The van der Waals surface area contributed by atoms with Crippen LogP contribution in [0.1, 0.15) is 40.5 Å². The molecule has 3 N–H and O–H groups in total. The number of rotatable bonds is 1. The highest BCUT2D eigenvalue weighted by Crippen LogP contribution is 2.52. The molecule has 4 heteroatoms. The Morgan fingerprint density at radius 1 is 1.18 bits per heavy atom. The van der Waals surface area contributed by atoms with Crippen molar-refractivity contribution >= 4 is 6.03 Å². The number of nitrogens with two attached hydrogens (primary N) is 1. The third-order valence-corrected chi connectivity index (χ3v) is 4.75. The summed E-state index contributed by atoms with van der Waals surface area (Å²) in [4.78, 5) is 14.0. The zero-order chi connectivity index (χ0) is 12.8. The third-order valence-electron chi connectivity index (χ3n) is 4.75. The number of amides is 2. The van der Waals surface area contributed by atoms with Gasteiger partial charge in [-0.2, -0.15) is 0 Å². The van der Waals surface area contributed by atoms with E-state index in [0.29, 0.717) is 0 Å². The molecule has 0 aromatic carbocycles. The van der Waals surface area contributed by atoms with Crippen molar-refractivity contribution in [3.63, 3.8) is 0 Å². The highest BCUT2D eigenvalue weighted by Gasteiger charge is 2.60. The van der Waals surface area contributed by atoms with Crippen molar-refractivity contribution in [1.29, 1.82) is 0 Å². The molecule has 0 spiro atoms. The molecule has 0 aromatic rings. The molecule has 2 aliphatic rings. The number of nitrogens with zero attached hydrogens (tertiary/aromatic N) is 1. The monoisotopic (exact) mass is 239 g/mol. The standard InChI is InChI=1S/C13H25N3O/c1-12(2)9(14)13(3,4)10(12)15-11(17)16-7-5-6-8-16/h9-10H,5-8,14H2,1-4H3,(H,15,17). The maximum absolute atomic E-state index is 12.1. The molecule has 98 valence electrons. The number of hydrogen-bond acceptors (Lipinski definition) is 2. The van der Waals surface area contributed by atoms with Crippen LogP contribution in [-0.4, -0.2) is 36.1 Å². The summed E-state index contributed by atoms with van der Waals surface area (Å²) in [7, 11) is 0. The van der Waals surface area contributed by atoms with Crippen molar-refractivity contribution in [2.24, 2.45) is 16.6 Å². The van der Waals surface area contributed by atoms with Crippen LogP contribution in [0.5, 0.6) is 0 Å². The quantitative estimate of drug-likeness (QED) is 0.729. The second-order valence-electron chi connectivity index (χ2n) is 6.70. The minimum absolute atomic E-state index is 0.0150. The fourth-order valence-electron chi connectivity index (χ4n) is 3.69. The van der Waals surface area contributed by atoms with Crippen LogP contribution >= 0.6 is 0 Å². The molecular formula is C13H25N3O. The summed E-state index contributed by atoms with van der Waals surface area (Å²) in [5, 5.41) is 3.18. The van der Waals surface area contributed by atoms with Gasteiger partial charge in [-0.05, 0) is 12.8 Å². The summed E-state index contributed by atoms with van der Waals surface area (Å²) in [6, 6.07) is 0.387. The molecule has 1 heterocycles. The van der Waals surface area contributed by atoms with Crippen LogP contribution in [0.15, 0.2) is 0 Å². The highest BCUT2D eigenvalue weighted by molar-refractivity contribution is 5.75. The lowest BCUT2D eigenvalue weighted by Crippen LogP contribution is -2.76. The van der Waals surface area contributed by atoms with Crippen molar-refractivity contribution in [3.8, 4) is 0 Å². The predicted octanol–water partition coefficient (Wildman–Crippen LogP) is 1.55. The highest BCUT2D eigenvalue weighted by atomic mass is 16.2. The zero-order valence-electron chi connectivity index (χ0n) is 11.4. The van der Waals surface area contributed by atoms with Crippen LogP contribution in [0.2, 0.25) is 0 Å². The average Bonchev–Trinajstić information content (AvgIpc) is 2.77. The van der Waals surface area contributed by atoms with Crippen molar-refractivity contribution < 1.29 is 4.79 Å². The largest absolute Gasteiger partial charge is 0.334 e. The summed E-state index contributed by atoms with van der Waals surface area (Å²) < 4.78 is 0. The second kappa shape index (κ2) is 3.87. The van der Waals surface area contributed by atoms with Gasteiger partial charge in [-0.15, -0.1) is 0 Å². The normalized spacial score (nSPS) is 34.3. The van der Waals surface area contributed by atoms with E-state index in [9.17, 15) is 4.79 Å². The van der Waals surface area contributed by atoms with Gasteiger partial charge in [0.05, 0.1) is 0 Å². The maximum atomic E-state index is 12.1. The van der Waals surface area contributed by atoms with Crippen LogP contribution in [0.3, 0.4) is 0 Å². The first-order chi connectivity index (χ1) is 7.78. The van der Waals surface area contributed by atoms with Gasteiger partial charge in [0.25, 0.3) is 0 Å². The Morgan fingerprint density at radius 2 is 1.65 bits per heavy atom. The van der Waals surface area contributed by atoms with Gasteiger partial charge >= 0.3 is 6.03 Å². The lowest BCUT2D eigenvalue weighted by Gasteiger charge is -2.63. The fraction of sp³-hybridized carbons (Fsp3) is 0.923. The van der Waals surface area contributed by atoms with E-state index in [1.165, 1.54) is 0 Å². The van der Waals surface area contributed by atoms with Crippen molar-refractivity contribution in [1.82, 2.24) is 10.2 Å². The minimum Gasteiger partial charge on any atom is -0.334 e. The Morgan fingerprint density at radius 3 is 2.12 bits per heavy atom. The number of carbonyl (C=O) groups is 1. The summed E-state index contributed by atoms with van der Waals surface area (Å²) >= 11 is 0. The van der Waals surface area contributed by atoms with Gasteiger partial charge in [-0.25, -0.2) is 4.79 Å². The number of urea groups is 1. The molecule has 1 aliphatic carbocycles. The molecule has 1 aliphatic heterocycles. The van der Waals surface area contributed by atoms with E-state index in [4.69, 9.17) is 5.73 Å². The van der Waals surface area contributed by atoms with Crippen LogP contribution in [0.25, 0.3) is 0 Å². The zero-order valence-corrected chi connectivity index (χ0v) is 11.4. The van der Waals surface area contributed by atoms with Gasteiger partial charge in [0.15, 0.2) is 0 Å². The molecule has 1 saturated carbocycles. The van der Waals surface area contributed by atoms with Gasteiger partial charge in [-0.3, -0.25) is 0 Å². The topological polar surface area (TPSA) is 58.4 Å². The molecule has 2 fully saturated rings. The van der Waals surface area contributed by atoms with Gasteiger partial charge in [-0.1, -0.05) is 27.7 Å². The van der Waals surface area contributed by atoms with E-state index in [1.54, 1.807) is 0 Å². The molecule has 0 bridgehead atoms. The molecule has 0 unspecified atom stereocenters. The van der Waals surface area contributed by atoms with E-state index < -0.39 is 0 Å². The number of hydrogen-bond donors (Lipinski definition) is 2. The number of nitrogens with one attached hydrogen (secondary N) is 1. The maximum Gasteiger partial charge on any atom is 0.317 e. The lowest BCUT2D eigenvalue weighted by molar-refractivity contribution is -0.0660. The molecule has 0 atom stereocenters. The second-order valence-corrected chi connectivity index (χ2v) is 6.70. The molecule has 2 amide bonds. The molecule has 0 radical (unpaired) electrons. The third kappa shape index (κ3) is 1.82. The first kappa shape index (κ1) is 12.7. The number of likely N-dealkylation sites (tertiary alicyclic amines) is 1. The lowest BCUT2D eigenvalue weighted by atomic mass is 9.48. The van der Waals surface area contributed by atoms with Gasteiger partial charge in [0, 0.05) is 36.0 Å². The Bertz CT molecular complexity index is 303. The van der Waals surface area contributed by atoms with Crippen LogP contribution in [0.4, 0.5) is 4.79 Å². The predicted molar refractivity (Wildman–Crippen MR) is 68.7 cm³/mol. The molecule has 4 nitrogen and oxygen atoms in total. The van der Waals surface area contributed by atoms with Crippen LogP contribution in [0, 0.1) is 10.8 Å². The SMILES string of the molecule is CC1(C)C(N)C(C)(C)C1NC(=O)N1CCCC1. The summed E-state index contributed by atoms with van der Waals surface area (Å²) in [5.74, 6) is 0. The van der Waals surface area contributed by atoms with E-state index in [2.05, 4.69) is 33.0 Å². The minimum atomic E-state index is -0.0150. The van der Waals surface area contributed by atoms with E-state index in [1.807, 2.05) is 4.90 Å². The average molecular weight is 239 g/mol. The smallest absolute Gasteiger partial charge is 0.317 e. The Kier molecular flexibility index (Phi) is 2.89. The van der Waals surface area contributed by atoms with Crippen molar-refractivity contribution in [2.75, 3.05) is 13.1 Å². The summed E-state index contributed by atoms with van der Waals surface area (Å²) in [5.41, 5.74) is 6.16. The Balaban J connectivity index is 2.01. The van der Waals surface area contributed by atoms with Crippen molar-refractivity contribution in [3.05, 3.63) is 0 Å². The molecule has 17 heavy (non-hydrogen) atoms. The van der Waals surface area contributed by atoms with Crippen molar-refractivity contribution in [2.45, 2.75) is 52.6 Å². The van der Waals surface area contributed by atoms with E-state index in [-0.39, 0.29) is 28.9 Å². The molecular weight excluding hydrogens is 214 g/mol. The molecule has 1 saturated heterocycles. The Labute approximate surface area is 104 Å². The van der Waals surface area contributed by atoms with Gasteiger partial charge < -0.3 is 16.0 Å².